The molecule has 3 rings (SSSR count). The van der Waals surface area contributed by atoms with Crippen molar-refractivity contribution in [1.29, 1.82) is 0 Å². The summed E-state index contributed by atoms with van der Waals surface area (Å²) in [5.74, 6) is -0.162. The number of benzene rings is 1. The van der Waals surface area contributed by atoms with Gasteiger partial charge in [0.25, 0.3) is 5.91 Å². The first kappa shape index (κ1) is 25.0. The largest absolute Gasteiger partial charge is 0.390 e. The number of carbonyl (C=O) groups excluding carboxylic acids is 1. The molecule has 6 nitrogen and oxygen atoms in total. The molecule has 0 aliphatic heterocycles. The number of thiazole rings is 1. The number of aromatic nitrogens is 2. The fraction of sp³-hybridized carbons (Fsp3) is 0.478. The highest BCUT2D eigenvalue weighted by molar-refractivity contribution is 7.17. The van der Waals surface area contributed by atoms with Gasteiger partial charge in [-0.3, -0.25) is 4.79 Å². The molecule has 33 heavy (non-hydrogen) atoms. The van der Waals surface area contributed by atoms with E-state index in [0.717, 1.165) is 31.2 Å². The Labute approximate surface area is 195 Å². The van der Waals surface area contributed by atoms with E-state index in [9.17, 15) is 18.0 Å². The molecule has 1 atom stereocenters. The molecule has 10 heteroatoms. The van der Waals surface area contributed by atoms with Crippen molar-refractivity contribution in [3.63, 3.8) is 0 Å². The molecule has 0 saturated carbocycles. The molecule has 2 heterocycles. The zero-order chi connectivity index (χ0) is 23.7. The average Bonchev–Trinajstić information content (AvgIpc) is 3.41. The highest BCUT2D eigenvalue weighted by atomic mass is 32.1. The van der Waals surface area contributed by atoms with Gasteiger partial charge < -0.3 is 20.9 Å². The van der Waals surface area contributed by atoms with Gasteiger partial charge in [0.2, 0.25) is 0 Å². The van der Waals surface area contributed by atoms with E-state index in [1.807, 2.05) is 24.4 Å². The van der Waals surface area contributed by atoms with E-state index in [-0.39, 0.29) is 18.5 Å². The van der Waals surface area contributed by atoms with Gasteiger partial charge in [0.15, 0.2) is 5.13 Å². The minimum Gasteiger partial charge on any atom is -0.361 e. The van der Waals surface area contributed by atoms with E-state index in [1.165, 1.54) is 28.5 Å². The minimum atomic E-state index is -4.15. The molecule has 0 saturated heterocycles. The number of unbranched alkanes of at least 4 members (excludes halogenated alkanes) is 1. The third-order valence-corrected chi connectivity index (χ3v) is 6.23. The number of amides is 1. The predicted octanol–water partition coefficient (Wildman–Crippen LogP) is 5.11. The summed E-state index contributed by atoms with van der Waals surface area (Å²) in [6, 6.07) is 8.13. The van der Waals surface area contributed by atoms with Crippen LogP contribution in [0.5, 0.6) is 0 Å². The number of fused-ring (bicyclic) bond motifs is 1. The van der Waals surface area contributed by atoms with Gasteiger partial charge in [0.1, 0.15) is 4.88 Å². The second-order valence-corrected chi connectivity index (χ2v) is 8.98. The van der Waals surface area contributed by atoms with Crippen LogP contribution in [0.25, 0.3) is 10.9 Å². The number of hydrogen-bond donors (Lipinski definition) is 4. The zero-order valence-electron chi connectivity index (χ0n) is 18.6. The molecule has 1 unspecified atom stereocenters. The van der Waals surface area contributed by atoms with Gasteiger partial charge in [-0.05, 0) is 24.5 Å². The summed E-state index contributed by atoms with van der Waals surface area (Å²) in [7, 11) is 0. The van der Waals surface area contributed by atoms with Gasteiger partial charge in [-0.15, -0.1) is 0 Å². The molecule has 0 bridgehead atoms. The molecule has 0 fully saturated rings. The topological polar surface area (TPSA) is 81.8 Å². The molecule has 2 aromatic heterocycles. The molecule has 0 aliphatic rings. The van der Waals surface area contributed by atoms with E-state index in [2.05, 4.69) is 38.9 Å². The Kier molecular flexibility index (Phi) is 9.13. The zero-order valence-corrected chi connectivity index (χ0v) is 19.4. The number of aromatic amines is 1. The van der Waals surface area contributed by atoms with Crippen molar-refractivity contribution in [1.82, 2.24) is 20.6 Å². The Balaban J connectivity index is 1.50. The van der Waals surface area contributed by atoms with E-state index in [4.69, 9.17) is 0 Å². The average molecular weight is 482 g/mol. The van der Waals surface area contributed by atoms with Gasteiger partial charge >= 0.3 is 6.18 Å². The fourth-order valence-electron chi connectivity index (χ4n) is 3.57. The second kappa shape index (κ2) is 12.0. The second-order valence-electron chi connectivity index (χ2n) is 7.95. The van der Waals surface area contributed by atoms with E-state index in [1.54, 1.807) is 0 Å². The van der Waals surface area contributed by atoms with E-state index >= 15 is 0 Å². The summed E-state index contributed by atoms with van der Waals surface area (Å²) < 4.78 is 36.4. The Hall–Kier alpha value is -2.59. The molecular weight excluding hydrogens is 451 g/mol. The van der Waals surface area contributed by atoms with Gasteiger partial charge in [-0.1, -0.05) is 49.3 Å². The van der Waals surface area contributed by atoms with Crippen molar-refractivity contribution >= 4 is 33.3 Å². The summed E-state index contributed by atoms with van der Waals surface area (Å²) in [5, 5.41) is 10.7. The molecule has 1 aromatic carbocycles. The van der Waals surface area contributed by atoms with Crippen LogP contribution in [0.2, 0.25) is 0 Å². The monoisotopic (exact) mass is 481 g/mol. The first-order valence-corrected chi connectivity index (χ1v) is 12.0. The van der Waals surface area contributed by atoms with E-state index < -0.39 is 12.6 Å². The van der Waals surface area contributed by atoms with Crippen LogP contribution >= 0.6 is 11.3 Å². The van der Waals surface area contributed by atoms with Crippen LogP contribution in [-0.4, -0.2) is 47.7 Å². The number of hydrogen-bond acceptors (Lipinski definition) is 5. The summed E-state index contributed by atoms with van der Waals surface area (Å²) >= 11 is 1.24. The van der Waals surface area contributed by atoms with Crippen molar-refractivity contribution in [2.75, 3.05) is 25.0 Å². The molecular formula is C23H30F3N5OS. The number of carbonyl (C=O) groups is 1. The van der Waals surface area contributed by atoms with Crippen molar-refractivity contribution in [2.24, 2.45) is 0 Å². The number of para-hydroxylation sites is 1. The third-order valence-electron chi connectivity index (χ3n) is 5.28. The highest BCUT2D eigenvalue weighted by Gasteiger charge is 2.25. The normalized spacial score (nSPS) is 12.7. The number of H-pyrrole nitrogens is 1. The minimum absolute atomic E-state index is 0.00741. The molecule has 180 valence electrons. The fourth-order valence-corrected chi connectivity index (χ4v) is 4.32. The smallest absolute Gasteiger partial charge is 0.361 e. The van der Waals surface area contributed by atoms with Gasteiger partial charge in [-0.2, -0.15) is 13.2 Å². The van der Waals surface area contributed by atoms with Crippen molar-refractivity contribution < 1.29 is 18.0 Å². The summed E-state index contributed by atoms with van der Waals surface area (Å²) in [6.45, 7) is 2.81. The molecule has 0 spiro atoms. The SMILES string of the molecule is CCCCC(Cc1c[nH]c2ccccc12)NC(=O)c1cnc(NCCNCCC(F)(F)F)s1. The van der Waals surface area contributed by atoms with Crippen molar-refractivity contribution in [2.45, 2.75) is 51.2 Å². The standard InChI is InChI=1S/C23H30F3N5OS/c1-2-3-6-17(13-16-14-29-19-8-5-4-7-18(16)19)31-21(32)20-15-30-22(33-20)28-12-11-27-10-9-23(24,25)26/h4-5,7-8,14-15,17,27,29H,2-3,6,9-13H2,1H3,(H,28,30)(H,31,32). The van der Waals surface area contributed by atoms with Crippen LogP contribution in [0.4, 0.5) is 18.3 Å². The molecule has 4 N–H and O–H groups in total. The predicted molar refractivity (Wildman–Crippen MR) is 127 cm³/mol. The number of anilines is 1. The number of rotatable bonds is 13. The summed E-state index contributed by atoms with van der Waals surface area (Å²) in [5.41, 5.74) is 2.26. The first-order valence-electron chi connectivity index (χ1n) is 11.2. The van der Waals surface area contributed by atoms with Crippen LogP contribution < -0.4 is 16.0 Å². The van der Waals surface area contributed by atoms with Crippen LogP contribution in [0.15, 0.2) is 36.7 Å². The molecule has 0 aliphatic carbocycles. The van der Waals surface area contributed by atoms with Gasteiger partial charge in [0, 0.05) is 42.8 Å². The Morgan fingerprint density at radius 1 is 1.21 bits per heavy atom. The Morgan fingerprint density at radius 3 is 2.82 bits per heavy atom. The van der Waals surface area contributed by atoms with Crippen LogP contribution in [-0.2, 0) is 6.42 Å². The third kappa shape index (κ3) is 8.04. The molecule has 0 radical (unpaired) electrons. The van der Waals surface area contributed by atoms with E-state index in [0.29, 0.717) is 23.1 Å². The van der Waals surface area contributed by atoms with Crippen LogP contribution in [0.3, 0.4) is 0 Å². The maximum Gasteiger partial charge on any atom is 0.390 e. The Morgan fingerprint density at radius 2 is 2.03 bits per heavy atom. The van der Waals surface area contributed by atoms with Gasteiger partial charge in [0.05, 0.1) is 12.6 Å². The van der Waals surface area contributed by atoms with Gasteiger partial charge in [-0.25, -0.2) is 4.98 Å². The Bertz CT molecular complexity index is 1020. The molecule has 1 amide bonds. The quantitative estimate of drug-likeness (QED) is 0.256. The summed E-state index contributed by atoms with van der Waals surface area (Å²) in [4.78, 5) is 20.8. The molecule has 3 aromatic rings. The number of nitrogens with one attached hydrogen (secondary N) is 4. The lowest BCUT2D eigenvalue weighted by Crippen LogP contribution is -2.36. The van der Waals surface area contributed by atoms with Crippen molar-refractivity contribution in [3.05, 3.63) is 47.1 Å². The maximum atomic E-state index is 12.8. The number of alkyl halides is 3. The number of halogens is 3. The lowest BCUT2D eigenvalue weighted by Gasteiger charge is -2.18. The maximum absolute atomic E-state index is 12.8. The lowest BCUT2D eigenvalue weighted by atomic mass is 10.0. The number of nitrogens with zero attached hydrogens (tertiary/aromatic N) is 1. The van der Waals surface area contributed by atoms with Crippen molar-refractivity contribution in [3.8, 4) is 0 Å². The first-order chi connectivity index (χ1) is 15.9. The van der Waals surface area contributed by atoms with Crippen LogP contribution in [0.1, 0.15) is 47.8 Å². The van der Waals surface area contributed by atoms with Crippen LogP contribution in [0, 0.1) is 0 Å². The lowest BCUT2D eigenvalue weighted by molar-refractivity contribution is -0.133. The summed E-state index contributed by atoms with van der Waals surface area (Å²) in [6.07, 6.45) is 2.22. The highest BCUT2D eigenvalue weighted by Crippen LogP contribution is 2.22.